The van der Waals surface area contributed by atoms with Crippen LogP contribution < -0.4 is 4.74 Å². The van der Waals surface area contributed by atoms with Gasteiger partial charge in [0.1, 0.15) is 0 Å². The number of rotatable bonds is 7. The fourth-order valence-corrected chi connectivity index (χ4v) is 4.24. The van der Waals surface area contributed by atoms with Crippen LogP contribution in [0.2, 0.25) is 0 Å². The molecule has 3 rings (SSSR count). The summed E-state index contributed by atoms with van der Waals surface area (Å²) in [5.74, 6) is 0.387. The van der Waals surface area contributed by atoms with Crippen LogP contribution in [0.1, 0.15) is 43.1 Å². The van der Waals surface area contributed by atoms with E-state index in [4.69, 9.17) is 4.74 Å². The van der Waals surface area contributed by atoms with Crippen molar-refractivity contribution in [3.8, 4) is 5.88 Å². The highest BCUT2D eigenvalue weighted by Crippen LogP contribution is 2.29. The first kappa shape index (κ1) is 21.3. The zero-order valence-corrected chi connectivity index (χ0v) is 19.2. The molecule has 0 saturated carbocycles. The smallest absolute Gasteiger partial charge is 0.261 e. The molecule has 6 nitrogen and oxygen atoms in total. The Hall–Kier alpha value is -2.41. The predicted molar refractivity (Wildman–Crippen MR) is 118 cm³/mol. The highest BCUT2D eigenvalue weighted by molar-refractivity contribution is 9.10. The van der Waals surface area contributed by atoms with E-state index in [1.165, 1.54) is 0 Å². The van der Waals surface area contributed by atoms with E-state index in [1.54, 1.807) is 4.68 Å². The molecular weight excluding hydrogens is 432 g/mol. The number of carbonyl (C=O) groups excluding carboxylic acids is 1. The maximum Gasteiger partial charge on any atom is 0.261 e. The van der Waals surface area contributed by atoms with Gasteiger partial charge in [-0.1, -0.05) is 41.1 Å². The molecule has 1 amide bonds. The van der Waals surface area contributed by atoms with Gasteiger partial charge in [-0.25, -0.2) is 9.67 Å². The lowest BCUT2D eigenvalue weighted by atomic mass is 10.1. The van der Waals surface area contributed by atoms with E-state index in [-0.39, 0.29) is 18.6 Å². The molecule has 7 heteroatoms. The van der Waals surface area contributed by atoms with Gasteiger partial charge in [0.25, 0.3) is 5.91 Å². The number of hydrogen-bond acceptors (Lipinski definition) is 4. The Labute approximate surface area is 180 Å². The van der Waals surface area contributed by atoms with E-state index in [0.29, 0.717) is 12.4 Å². The number of aryl methyl sites for hydroxylation is 3. The Morgan fingerprint density at radius 1 is 1.31 bits per heavy atom. The molecule has 0 saturated heterocycles. The summed E-state index contributed by atoms with van der Waals surface area (Å²) in [7, 11) is 1.83. The number of hydrogen-bond donors (Lipinski definition) is 0. The van der Waals surface area contributed by atoms with Gasteiger partial charge < -0.3 is 9.64 Å². The zero-order chi connectivity index (χ0) is 21.1. The molecule has 3 aromatic rings. The highest BCUT2D eigenvalue weighted by Gasteiger charge is 2.24. The molecule has 1 unspecified atom stereocenters. The molecule has 0 spiro atoms. The number of halogens is 1. The number of pyridine rings is 1. The van der Waals surface area contributed by atoms with Crippen LogP contribution in [0, 0.1) is 13.8 Å². The van der Waals surface area contributed by atoms with Crippen LogP contribution in [0.4, 0.5) is 0 Å². The van der Waals surface area contributed by atoms with E-state index >= 15 is 0 Å². The van der Waals surface area contributed by atoms with Crippen molar-refractivity contribution >= 4 is 32.9 Å². The summed E-state index contributed by atoms with van der Waals surface area (Å²) in [4.78, 5) is 19.5. The van der Waals surface area contributed by atoms with Gasteiger partial charge in [0, 0.05) is 23.8 Å². The second-order valence-electron chi connectivity index (χ2n) is 7.28. The quantitative estimate of drug-likeness (QED) is 0.513. The molecule has 29 heavy (non-hydrogen) atoms. The molecule has 154 valence electrons. The molecule has 0 aliphatic heterocycles. The Morgan fingerprint density at radius 3 is 2.72 bits per heavy atom. The Morgan fingerprint density at radius 2 is 2.03 bits per heavy atom. The Kier molecular flexibility index (Phi) is 6.57. The van der Waals surface area contributed by atoms with Crippen LogP contribution in [0.15, 0.2) is 34.8 Å². The van der Waals surface area contributed by atoms with Crippen LogP contribution in [0.25, 0.3) is 11.0 Å². The summed E-state index contributed by atoms with van der Waals surface area (Å²) in [6, 6.07) is 9.92. The molecule has 0 fully saturated rings. The third kappa shape index (κ3) is 4.45. The number of nitrogens with zero attached hydrogens (tertiary/aromatic N) is 4. The van der Waals surface area contributed by atoms with Gasteiger partial charge in [0.05, 0.1) is 11.4 Å². The molecule has 0 aliphatic carbocycles. The van der Waals surface area contributed by atoms with Crippen molar-refractivity contribution in [2.75, 3.05) is 13.2 Å². The van der Waals surface area contributed by atoms with Crippen molar-refractivity contribution in [2.24, 2.45) is 7.05 Å². The summed E-state index contributed by atoms with van der Waals surface area (Å²) in [5, 5.41) is 5.29. The van der Waals surface area contributed by atoms with Crippen molar-refractivity contribution in [3.05, 3.63) is 51.6 Å². The van der Waals surface area contributed by atoms with E-state index in [9.17, 15) is 4.79 Å². The number of amides is 1. The average molecular weight is 459 g/mol. The highest BCUT2D eigenvalue weighted by atomic mass is 79.9. The summed E-state index contributed by atoms with van der Waals surface area (Å²) in [6.45, 7) is 8.67. The molecule has 2 aromatic heterocycles. The van der Waals surface area contributed by atoms with Gasteiger partial charge in [-0.3, -0.25) is 4.79 Å². The molecule has 0 radical (unpaired) electrons. The number of fused-ring (bicyclic) bond motifs is 1. The first-order valence-electron chi connectivity index (χ1n) is 9.81. The maximum atomic E-state index is 13.0. The molecule has 1 atom stereocenters. The van der Waals surface area contributed by atoms with Gasteiger partial charge in [-0.2, -0.15) is 0 Å². The summed E-state index contributed by atoms with van der Waals surface area (Å²) < 4.78 is 8.58. The monoisotopic (exact) mass is 458 g/mol. The van der Waals surface area contributed by atoms with Crippen LogP contribution >= 0.6 is 15.9 Å². The maximum absolute atomic E-state index is 13.0. The lowest BCUT2D eigenvalue weighted by molar-refractivity contribution is -0.135. The van der Waals surface area contributed by atoms with Gasteiger partial charge in [0.15, 0.2) is 12.3 Å². The minimum absolute atomic E-state index is 0.0613. The number of benzene rings is 1. The summed E-state index contributed by atoms with van der Waals surface area (Å²) >= 11 is 3.60. The van der Waals surface area contributed by atoms with Gasteiger partial charge >= 0.3 is 0 Å². The summed E-state index contributed by atoms with van der Waals surface area (Å²) in [5.41, 5.74) is 3.80. The third-order valence-electron chi connectivity index (χ3n) is 5.03. The third-order valence-corrected chi connectivity index (χ3v) is 5.75. The van der Waals surface area contributed by atoms with Crippen molar-refractivity contribution in [1.82, 2.24) is 19.7 Å². The lowest BCUT2D eigenvalue weighted by Crippen LogP contribution is -2.37. The van der Waals surface area contributed by atoms with Gasteiger partial charge in [0.2, 0.25) is 5.88 Å². The van der Waals surface area contributed by atoms with Crippen molar-refractivity contribution < 1.29 is 9.53 Å². The van der Waals surface area contributed by atoms with Gasteiger partial charge in [-0.15, -0.1) is 5.10 Å². The van der Waals surface area contributed by atoms with E-state index < -0.39 is 0 Å². The number of aromatic nitrogens is 3. The molecule has 2 heterocycles. The fourth-order valence-electron chi connectivity index (χ4n) is 3.62. The second kappa shape index (κ2) is 8.95. The Bertz CT molecular complexity index is 1030. The van der Waals surface area contributed by atoms with Crippen molar-refractivity contribution in [3.63, 3.8) is 0 Å². The van der Waals surface area contributed by atoms with E-state index in [1.807, 2.05) is 63.1 Å². The standard InChI is InChI=1S/C22H27BrN4O2/c1-6-11-27(16(4)17-9-7-8-10-18(17)23)19(28)13-29-22-20-14(2)12-15(3)24-21(20)26(5)25-22/h7-10,12,16H,6,11,13H2,1-5H3. The number of ether oxygens (including phenoxy) is 1. The molecular formula is C22H27BrN4O2. The molecule has 0 N–H and O–H groups in total. The van der Waals surface area contributed by atoms with Crippen molar-refractivity contribution in [1.29, 1.82) is 0 Å². The molecule has 1 aromatic carbocycles. The largest absolute Gasteiger partial charge is 0.466 e. The van der Waals surface area contributed by atoms with Crippen LogP contribution in [-0.2, 0) is 11.8 Å². The second-order valence-corrected chi connectivity index (χ2v) is 8.14. The van der Waals surface area contributed by atoms with Crippen LogP contribution in [0.3, 0.4) is 0 Å². The van der Waals surface area contributed by atoms with Crippen LogP contribution in [0.5, 0.6) is 5.88 Å². The van der Waals surface area contributed by atoms with Gasteiger partial charge in [-0.05, 0) is 50.5 Å². The van der Waals surface area contributed by atoms with Crippen molar-refractivity contribution in [2.45, 2.75) is 40.2 Å². The molecule has 0 bridgehead atoms. The first-order chi connectivity index (χ1) is 13.8. The van der Waals surface area contributed by atoms with E-state index in [2.05, 4.69) is 32.9 Å². The Balaban J connectivity index is 1.81. The minimum atomic E-state index is -0.0633. The first-order valence-corrected chi connectivity index (χ1v) is 10.6. The lowest BCUT2D eigenvalue weighted by Gasteiger charge is -2.30. The summed E-state index contributed by atoms with van der Waals surface area (Å²) in [6.07, 6.45) is 0.870. The minimum Gasteiger partial charge on any atom is -0.466 e. The molecule has 0 aliphatic rings. The van der Waals surface area contributed by atoms with Crippen LogP contribution in [-0.4, -0.2) is 38.7 Å². The van der Waals surface area contributed by atoms with E-state index in [0.717, 1.165) is 38.7 Å². The zero-order valence-electron chi connectivity index (χ0n) is 17.6. The number of carbonyl (C=O) groups is 1. The average Bonchev–Trinajstić information content (AvgIpc) is 3.00. The fraction of sp³-hybridized carbons (Fsp3) is 0.409. The SMILES string of the molecule is CCCN(C(=O)COc1nn(C)c2nc(C)cc(C)c12)C(C)c1ccccc1Br. The normalized spacial score (nSPS) is 12.2. The topological polar surface area (TPSA) is 60.3 Å². The predicted octanol–water partition coefficient (Wildman–Crippen LogP) is 4.73.